The second-order valence-corrected chi connectivity index (χ2v) is 7.40. The van der Waals surface area contributed by atoms with E-state index in [-0.39, 0.29) is 22.6 Å². The van der Waals surface area contributed by atoms with Crippen molar-refractivity contribution >= 4 is 34.8 Å². The maximum atomic E-state index is 13.7. The summed E-state index contributed by atoms with van der Waals surface area (Å²) in [6, 6.07) is 6.05. The molecule has 0 amide bonds. The van der Waals surface area contributed by atoms with Crippen LogP contribution < -0.4 is 21.7 Å². The van der Waals surface area contributed by atoms with Crippen molar-refractivity contribution in [1.82, 2.24) is 24.6 Å². The predicted molar refractivity (Wildman–Crippen MR) is 108 cm³/mol. The molecule has 11 heteroatoms. The van der Waals surface area contributed by atoms with Gasteiger partial charge < -0.3 is 15.4 Å². The Morgan fingerprint density at radius 3 is 2.83 bits per heavy atom. The Labute approximate surface area is 172 Å². The van der Waals surface area contributed by atoms with Gasteiger partial charge in [-0.1, -0.05) is 11.6 Å². The van der Waals surface area contributed by atoms with Gasteiger partial charge >= 0.3 is 5.69 Å². The van der Waals surface area contributed by atoms with E-state index in [1.165, 1.54) is 12.1 Å². The minimum absolute atomic E-state index is 0.202. The van der Waals surface area contributed by atoms with Gasteiger partial charge in [-0.3, -0.25) is 9.98 Å². The fraction of sp³-hybridized carbons (Fsp3) is 0.158. The highest BCUT2D eigenvalue weighted by Crippen LogP contribution is 2.23. The molecule has 0 unspecified atom stereocenters. The molecule has 1 fully saturated rings. The third-order valence-corrected chi connectivity index (χ3v) is 4.73. The summed E-state index contributed by atoms with van der Waals surface area (Å²) < 4.78 is 15.3. The van der Waals surface area contributed by atoms with Gasteiger partial charge in [-0.25, -0.2) is 14.2 Å². The van der Waals surface area contributed by atoms with Gasteiger partial charge in [-0.2, -0.15) is 9.61 Å². The fourth-order valence-corrected chi connectivity index (χ4v) is 3.26. The number of aromatic amines is 2. The SMILES string of the molecule is O=c1[nH]c(O)c(/C=c2/cnn3c(=NC4CC4)cc(Nc4cc(F)cc(Cl)c4)nc23)[nH]1. The predicted octanol–water partition coefficient (Wildman–Crippen LogP) is 1.60. The van der Waals surface area contributed by atoms with E-state index in [2.05, 4.69) is 30.4 Å². The summed E-state index contributed by atoms with van der Waals surface area (Å²) in [4.78, 5) is 25.4. The quantitative estimate of drug-likeness (QED) is 0.394. The van der Waals surface area contributed by atoms with Crippen LogP contribution in [-0.4, -0.2) is 35.7 Å². The van der Waals surface area contributed by atoms with E-state index in [1.807, 2.05) is 0 Å². The molecule has 0 aliphatic heterocycles. The molecule has 9 nitrogen and oxygen atoms in total. The first-order chi connectivity index (χ1) is 14.4. The topological polar surface area (TPSA) is 123 Å². The van der Waals surface area contributed by atoms with Crippen LogP contribution in [0.25, 0.3) is 11.7 Å². The van der Waals surface area contributed by atoms with Crippen molar-refractivity contribution in [3.05, 3.63) is 68.2 Å². The summed E-state index contributed by atoms with van der Waals surface area (Å²) in [5, 5.41) is 18.0. The number of fused-ring (bicyclic) bond motifs is 1. The van der Waals surface area contributed by atoms with Crippen molar-refractivity contribution in [2.45, 2.75) is 18.9 Å². The van der Waals surface area contributed by atoms with Crippen LogP contribution in [0.3, 0.4) is 0 Å². The average molecular weight is 428 g/mol. The Hall–Kier alpha value is -3.66. The number of nitrogens with zero attached hydrogens (tertiary/aromatic N) is 4. The summed E-state index contributed by atoms with van der Waals surface area (Å²) >= 11 is 5.94. The number of H-pyrrole nitrogens is 2. The number of hydrogen-bond acceptors (Lipinski definition) is 6. The summed E-state index contributed by atoms with van der Waals surface area (Å²) in [7, 11) is 0. The van der Waals surface area contributed by atoms with E-state index in [4.69, 9.17) is 11.6 Å². The van der Waals surface area contributed by atoms with E-state index in [9.17, 15) is 14.3 Å². The normalized spacial score (nSPS) is 15.3. The highest BCUT2D eigenvalue weighted by Gasteiger charge is 2.20. The van der Waals surface area contributed by atoms with E-state index >= 15 is 0 Å². The lowest BCUT2D eigenvalue weighted by Crippen LogP contribution is -2.19. The van der Waals surface area contributed by atoms with E-state index in [1.54, 1.807) is 28.9 Å². The Kier molecular flexibility index (Phi) is 4.28. The Balaban J connectivity index is 1.68. The van der Waals surface area contributed by atoms with Gasteiger partial charge in [0, 0.05) is 22.0 Å². The number of aromatic hydroxyl groups is 1. The molecule has 4 N–H and O–H groups in total. The third kappa shape index (κ3) is 3.64. The molecule has 0 spiro atoms. The number of halogens is 2. The van der Waals surface area contributed by atoms with Crippen molar-refractivity contribution in [1.29, 1.82) is 0 Å². The fourth-order valence-electron chi connectivity index (χ4n) is 3.03. The largest absolute Gasteiger partial charge is 0.493 e. The van der Waals surface area contributed by atoms with Crippen LogP contribution in [0.5, 0.6) is 5.88 Å². The summed E-state index contributed by atoms with van der Waals surface area (Å²) in [5.74, 6) is -0.337. The van der Waals surface area contributed by atoms with Gasteiger partial charge in [0.25, 0.3) is 0 Å². The molecular weight excluding hydrogens is 413 g/mol. The van der Waals surface area contributed by atoms with Crippen LogP contribution >= 0.6 is 11.6 Å². The Morgan fingerprint density at radius 2 is 2.13 bits per heavy atom. The molecule has 1 aromatic carbocycles. The first-order valence-electron chi connectivity index (χ1n) is 9.13. The van der Waals surface area contributed by atoms with Crippen molar-refractivity contribution < 1.29 is 9.50 Å². The second-order valence-electron chi connectivity index (χ2n) is 6.96. The number of anilines is 2. The molecule has 5 rings (SSSR count). The molecule has 0 atom stereocenters. The molecule has 3 heterocycles. The lowest BCUT2D eigenvalue weighted by atomic mass is 10.3. The van der Waals surface area contributed by atoms with Gasteiger partial charge in [-0.15, -0.1) is 0 Å². The average Bonchev–Trinajstić information content (AvgIpc) is 3.30. The van der Waals surface area contributed by atoms with Gasteiger partial charge in [0.05, 0.1) is 12.2 Å². The summed E-state index contributed by atoms with van der Waals surface area (Å²) in [6.07, 6.45) is 5.11. The van der Waals surface area contributed by atoms with Crippen LogP contribution in [0.1, 0.15) is 18.5 Å². The standard InChI is InChI=1S/C19H15ClFN7O2/c20-10-4-11(21)6-13(5-10)23-15-7-16(24-12-1-2-12)28-17(26-15)9(8-22-28)3-14-18(29)27-19(30)25-14/h3-8,12,23,29H,1-2H2,(H2,25,27,30)/b9-3-,24-16?. The lowest BCUT2D eigenvalue weighted by molar-refractivity contribution is 0.454. The second kappa shape index (κ2) is 6.99. The molecule has 1 aliphatic carbocycles. The van der Waals surface area contributed by atoms with Crippen LogP contribution in [0.15, 0.2) is 40.2 Å². The number of imidazole rings is 1. The molecular formula is C19H15ClFN7O2. The zero-order chi connectivity index (χ0) is 20.8. The zero-order valence-electron chi connectivity index (χ0n) is 15.4. The molecule has 1 aliphatic rings. The molecule has 0 saturated heterocycles. The van der Waals surface area contributed by atoms with E-state index in [0.717, 1.165) is 12.8 Å². The van der Waals surface area contributed by atoms with E-state index < -0.39 is 11.5 Å². The van der Waals surface area contributed by atoms with Crippen molar-refractivity contribution in [2.75, 3.05) is 5.32 Å². The minimum Gasteiger partial charge on any atom is -0.493 e. The smallest absolute Gasteiger partial charge is 0.326 e. The molecule has 152 valence electrons. The maximum Gasteiger partial charge on any atom is 0.326 e. The first kappa shape index (κ1) is 18.4. The third-order valence-electron chi connectivity index (χ3n) is 4.51. The first-order valence-corrected chi connectivity index (χ1v) is 9.51. The van der Waals surface area contributed by atoms with Crippen LogP contribution in [0, 0.1) is 5.82 Å². The van der Waals surface area contributed by atoms with Crippen molar-refractivity contribution in [3.63, 3.8) is 0 Å². The number of rotatable bonds is 4. The van der Waals surface area contributed by atoms with Crippen LogP contribution in [-0.2, 0) is 0 Å². The maximum absolute atomic E-state index is 13.7. The van der Waals surface area contributed by atoms with Crippen molar-refractivity contribution in [3.8, 4) is 5.88 Å². The highest BCUT2D eigenvalue weighted by molar-refractivity contribution is 6.30. The van der Waals surface area contributed by atoms with E-state index in [0.29, 0.717) is 27.9 Å². The number of aromatic nitrogens is 5. The summed E-state index contributed by atoms with van der Waals surface area (Å²) in [5.41, 5.74) is 1.14. The molecule has 0 bridgehead atoms. The van der Waals surface area contributed by atoms with Gasteiger partial charge in [-0.05, 0) is 37.1 Å². The molecule has 1 saturated carbocycles. The Bertz CT molecular complexity index is 1430. The van der Waals surface area contributed by atoms with Gasteiger partial charge in [0.2, 0.25) is 5.88 Å². The summed E-state index contributed by atoms with van der Waals surface area (Å²) in [6.45, 7) is 0. The van der Waals surface area contributed by atoms with Gasteiger partial charge in [0.1, 0.15) is 17.3 Å². The highest BCUT2D eigenvalue weighted by atomic mass is 35.5. The molecule has 3 aromatic heterocycles. The number of hydrogen-bond donors (Lipinski definition) is 4. The minimum atomic E-state index is -0.530. The van der Waals surface area contributed by atoms with Crippen molar-refractivity contribution in [2.24, 2.45) is 4.99 Å². The molecule has 4 aromatic rings. The monoisotopic (exact) mass is 427 g/mol. The van der Waals surface area contributed by atoms with Crippen LogP contribution in [0.4, 0.5) is 15.9 Å². The molecule has 30 heavy (non-hydrogen) atoms. The van der Waals surface area contributed by atoms with Gasteiger partial charge in [0.15, 0.2) is 11.1 Å². The lowest BCUT2D eigenvalue weighted by Gasteiger charge is -2.07. The number of benzene rings is 1. The zero-order valence-corrected chi connectivity index (χ0v) is 16.1. The molecule has 0 radical (unpaired) electrons. The Morgan fingerprint density at radius 1 is 1.30 bits per heavy atom. The number of nitrogens with one attached hydrogen (secondary N) is 3. The van der Waals surface area contributed by atoms with Crippen LogP contribution in [0.2, 0.25) is 5.02 Å².